The normalized spacial score (nSPS) is 23.6. The van der Waals surface area contributed by atoms with E-state index in [0.29, 0.717) is 33.9 Å². The maximum Gasteiger partial charge on any atom is 0.264 e. The lowest BCUT2D eigenvalue weighted by molar-refractivity contribution is -0.146. The largest absolute Gasteiger partial charge is 0.497 e. The van der Waals surface area contributed by atoms with Gasteiger partial charge in [-0.05, 0) is 79.7 Å². The van der Waals surface area contributed by atoms with Gasteiger partial charge in [0.2, 0.25) is 8.41 Å². The molecule has 216 valence electrons. The third-order valence-corrected chi connectivity index (χ3v) is 10.8. The molecular weight excluding hydrogens is 541 g/mol. The Morgan fingerprint density at radius 1 is 1.15 bits per heavy atom. The van der Waals surface area contributed by atoms with Crippen molar-refractivity contribution in [2.75, 3.05) is 29.7 Å². The average molecular weight is 578 g/mol. The smallest absolute Gasteiger partial charge is 0.264 e. The number of anilines is 3. The summed E-state index contributed by atoms with van der Waals surface area (Å²) in [6.07, 6.45) is -0.318. The molecule has 0 unspecified atom stereocenters. The van der Waals surface area contributed by atoms with Crippen molar-refractivity contribution in [1.29, 1.82) is 0 Å². The van der Waals surface area contributed by atoms with E-state index >= 15 is 4.11 Å². The first kappa shape index (κ1) is 28.8. The molecule has 0 aromatic heterocycles. The Balaban J connectivity index is 1.44. The topological polar surface area (TPSA) is 114 Å². The maximum atomic E-state index is 15.7. The summed E-state index contributed by atoms with van der Waals surface area (Å²) in [5.41, 5.74) is 7.73. The maximum absolute atomic E-state index is 15.7. The van der Waals surface area contributed by atoms with Gasteiger partial charge in [-0.1, -0.05) is 19.1 Å². The van der Waals surface area contributed by atoms with Crippen LogP contribution in [0.15, 0.2) is 66.7 Å². The van der Waals surface area contributed by atoms with Crippen LogP contribution < -0.4 is 20.7 Å². The fourth-order valence-corrected chi connectivity index (χ4v) is 8.96. The predicted octanol–water partition coefficient (Wildman–Crippen LogP) is 5.23. The molecule has 41 heavy (non-hydrogen) atoms. The number of fused-ring (bicyclic) bond motifs is 2. The van der Waals surface area contributed by atoms with Gasteiger partial charge in [0.15, 0.2) is 5.60 Å². The standard InChI is InChI=1S/C31H36FN3O5Si/c1-19-28(41(3,4)32)27(15-16-36)40-31(19)25-17-24(39-2)13-14-26(25)35(30(31)38)18-20-5-11-23(12-6-20)34-29(37)21-7-9-22(33)10-8-21/h5-14,17,19,27-28,36H,15-16,18,33H2,1-4H3,(H,34,37)/t19-,27+,28-,31+/m1/s1. The average Bonchev–Trinajstić information content (AvgIpc) is 3.36. The van der Waals surface area contributed by atoms with Crippen LogP contribution in [-0.4, -0.2) is 45.1 Å². The van der Waals surface area contributed by atoms with E-state index in [9.17, 15) is 14.7 Å². The summed E-state index contributed by atoms with van der Waals surface area (Å²) in [7, 11) is -1.72. The van der Waals surface area contributed by atoms with Crippen LogP contribution >= 0.6 is 0 Å². The molecule has 2 aliphatic rings. The first-order valence-electron chi connectivity index (χ1n) is 13.7. The number of methoxy groups -OCH3 is 1. The Hall–Kier alpha value is -3.73. The Kier molecular flexibility index (Phi) is 7.67. The summed E-state index contributed by atoms with van der Waals surface area (Å²) < 4.78 is 27.7. The molecule has 3 aromatic carbocycles. The Labute approximate surface area is 240 Å². The number of hydrogen-bond acceptors (Lipinski definition) is 6. The molecule has 8 nitrogen and oxygen atoms in total. The lowest BCUT2D eigenvalue weighted by atomic mass is 9.82. The molecule has 4 atom stereocenters. The van der Waals surface area contributed by atoms with Crippen molar-refractivity contribution < 1.29 is 28.3 Å². The molecule has 2 heterocycles. The monoisotopic (exact) mass is 577 g/mol. The number of carbonyl (C=O) groups excluding carboxylic acids is 2. The van der Waals surface area contributed by atoms with Gasteiger partial charge in [0.1, 0.15) is 5.75 Å². The molecule has 0 saturated carbocycles. The third-order valence-electron chi connectivity index (χ3n) is 8.31. The van der Waals surface area contributed by atoms with Crippen molar-refractivity contribution in [2.24, 2.45) is 5.92 Å². The van der Waals surface area contributed by atoms with E-state index in [1.54, 1.807) is 67.6 Å². The van der Waals surface area contributed by atoms with Crippen LogP contribution in [0.5, 0.6) is 5.75 Å². The lowest BCUT2D eigenvalue weighted by Crippen LogP contribution is -2.45. The molecular formula is C31H36FN3O5Si. The zero-order valence-corrected chi connectivity index (χ0v) is 24.7. The van der Waals surface area contributed by atoms with Crippen molar-refractivity contribution in [3.63, 3.8) is 0 Å². The molecule has 1 fully saturated rings. The van der Waals surface area contributed by atoms with Gasteiger partial charge in [0, 0.05) is 40.6 Å². The first-order valence-corrected chi connectivity index (χ1v) is 16.7. The predicted molar refractivity (Wildman–Crippen MR) is 159 cm³/mol. The zero-order chi connectivity index (χ0) is 29.5. The minimum absolute atomic E-state index is 0.154. The van der Waals surface area contributed by atoms with Gasteiger partial charge < -0.3 is 34.6 Å². The summed E-state index contributed by atoms with van der Waals surface area (Å²) in [5, 5.41) is 12.6. The highest BCUT2D eigenvalue weighted by Crippen LogP contribution is 2.60. The number of amides is 2. The molecule has 0 aliphatic carbocycles. The van der Waals surface area contributed by atoms with Gasteiger partial charge >= 0.3 is 0 Å². The molecule has 3 aromatic rings. The van der Waals surface area contributed by atoms with E-state index in [0.717, 1.165) is 5.56 Å². The van der Waals surface area contributed by atoms with Gasteiger partial charge in [0.25, 0.3) is 11.8 Å². The Morgan fingerprint density at radius 3 is 2.44 bits per heavy atom. The number of halogens is 1. The van der Waals surface area contributed by atoms with Gasteiger partial charge in [-0.2, -0.15) is 0 Å². The van der Waals surface area contributed by atoms with Crippen LogP contribution in [0.25, 0.3) is 0 Å². The van der Waals surface area contributed by atoms with E-state index < -0.39 is 31.6 Å². The number of nitrogens with zero attached hydrogens (tertiary/aromatic N) is 1. The summed E-state index contributed by atoms with van der Waals surface area (Å²) in [6.45, 7) is 5.27. The lowest BCUT2D eigenvalue weighted by Gasteiger charge is -2.31. The highest BCUT2D eigenvalue weighted by molar-refractivity contribution is 6.72. The first-order chi connectivity index (χ1) is 19.5. The molecule has 1 spiro atoms. The van der Waals surface area contributed by atoms with Crippen LogP contribution in [0.3, 0.4) is 0 Å². The second-order valence-corrected chi connectivity index (χ2v) is 15.1. The minimum atomic E-state index is -3.28. The van der Waals surface area contributed by atoms with Crippen molar-refractivity contribution in [3.8, 4) is 5.75 Å². The quantitative estimate of drug-likeness (QED) is 0.192. The van der Waals surface area contributed by atoms with E-state index in [1.807, 2.05) is 31.2 Å². The summed E-state index contributed by atoms with van der Waals surface area (Å²) in [4.78, 5) is 28.6. The van der Waals surface area contributed by atoms with Gasteiger partial charge in [-0.15, -0.1) is 0 Å². The fraction of sp³-hybridized carbons (Fsp3) is 0.355. The number of ether oxygens (including phenoxy) is 2. The molecule has 4 N–H and O–H groups in total. The number of nitrogens with one attached hydrogen (secondary N) is 1. The minimum Gasteiger partial charge on any atom is -0.497 e. The van der Waals surface area contributed by atoms with Crippen molar-refractivity contribution >= 4 is 37.3 Å². The molecule has 5 rings (SSSR count). The van der Waals surface area contributed by atoms with Crippen LogP contribution in [0, 0.1) is 5.92 Å². The molecule has 2 amide bonds. The number of benzene rings is 3. The summed E-state index contributed by atoms with van der Waals surface area (Å²) in [6, 6.07) is 19.4. The van der Waals surface area contributed by atoms with E-state index in [4.69, 9.17) is 15.2 Å². The van der Waals surface area contributed by atoms with Crippen LogP contribution in [0.4, 0.5) is 21.2 Å². The van der Waals surface area contributed by atoms with E-state index in [1.165, 1.54) is 0 Å². The van der Waals surface area contributed by atoms with Crippen LogP contribution in [-0.2, 0) is 21.7 Å². The molecule has 1 saturated heterocycles. The number of nitrogens with two attached hydrogens (primary N) is 1. The Bertz CT molecular complexity index is 1440. The van der Waals surface area contributed by atoms with Crippen LogP contribution in [0.2, 0.25) is 18.6 Å². The SMILES string of the molecule is COc1ccc2c(c1)[C@]1(O[C@@H](CCO)[C@H]([Si](C)(C)F)[C@H]1C)C(=O)N2Cc1ccc(NC(=O)c2ccc(N)cc2)cc1. The molecule has 0 bridgehead atoms. The summed E-state index contributed by atoms with van der Waals surface area (Å²) in [5.74, 6) is -0.373. The van der Waals surface area contributed by atoms with Crippen molar-refractivity contribution in [3.05, 3.63) is 83.4 Å². The highest BCUT2D eigenvalue weighted by Gasteiger charge is 2.66. The number of rotatable bonds is 8. The second kappa shape index (κ2) is 10.9. The number of aliphatic hydroxyl groups excluding tert-OH is 1. The number of nitrogen functional groups attached to an aromatic ring is 1. The van der Waals surface area contributed by atoms with Gasteiger partial charge in [-0.3, -0.25) is 9.59 Å². The second-order valence-electron chi connectivity index (χ2n) is 11.3. The van der Waals surface area contributed by atoms with E-state index in [-0.39, 0.29) is 31.4 Å². The fourth-order valence-electron chi connectivity index (χ4n) is 6.42. The number of hydrogen-bond donors (Lipinski definition) is 3. The number of aliphatic hydroxyl groups is 1. The highest BCUT2D eigenvalue weighted by atomic mass is 28.4. The molecule has 10 heteroatoms. The summed E-state index contributed by atoms with van der Waals surface area (Å²) >= 11 is 0. The zero-order valence-electron chi connectivity index (χ0n) is 23.7. The van der Waals surface area contributed by atoms with Crippen molar-refractivity contribution in [1.82, 2.24) is 0 Å². The van der Waals surface area contributed by atoms with Crippen molar-refractivity contribution in [2.45, 2.75) is 50.2 Å². The third kappa shape index (κ3) is 5.11. The number of carbonyl (C=O) groups is 2. The molecule has 2 aliphatic heterocycles. The van der Waals surface area contributed by atoms with E-state index in [2.05, 4.69) is 5.32 Å². The van der Waals surface area contributed by atoms with Gasteiger partial charge in [-0.25, -0.2) is 0 Å². The molecule has 0 radical (unpaired) electrons. The van der Waals surface area contributed by atoms with Crippen LogP contribution in [0.1, 0.15) is 34.8 Å². The Morgan fingerprint density at radius 2 is 1.83 bits per heavy atom. The van der Waals surface area contributed by atoms with Gasteiger partial charge in [0.05, 0.1) is 25.4 Å².